The van der Waals surface area contributed by atoms with Crippen LogP contribution in [0.3, 0.4) is 0 Å². The number of carboxylic acids is 1. The van der Waals surface area contributed by atoms with Crippen LogP contribution in [0.5, 0.6) is 0 Å². The molecule has 0 aromatic heterocycles. The van der Waals surface area contributed by atoms with Crippen molar-refractivity contribution in [1.29, 1.82) is 0 Å². The number of carbonyl (C=O) groups is 2. The number of hydrogen-bond donors (Lipinski definition) is 1. The summed E-state index contributed by atoms with van der Waals surface area (Å²) in [5, 5.41) is 9.13. The van der Waals surface area contributed by atoms with Crippen LogP contribution in [0.15, 0.2) is 0 Å². The predicted octanol–water partition coefficient (Wildman–Crippen LogP) is 1.54. The maximum absolute atomic E-state index is 12.1. The average molecular weight is 251 g/mol. The van der Waals surface area contributed by atoms with Crippen LogP contribution in [-0.2, 0) is 9.59 Å². The fraction of sp³-hybridized carbons (Fsp3) is 0.857. The monoisotopic (exact) mass is 251 g/mol. The van der Waals surface area contributed by atoms with E-state index >= 15 is 0 Å². The third-order valence-electron chi connectivity index (χ3n) is 5.04. The first-order valence-corrected chi connectivity index (χ1v) is 7.15. The van der Waals surface area contributed by atoms with Crippen LogP contribution in [0.25, 0.3) is 0 Å². The fourth-order valence-corrected chi connectivity index (χ4v) is 4.09. The van der Waals surface area contributed by atoms with Crippen LogP contribution in [-0.4, -0.2) is 40.9 Å². The number of nitrogens with zero attached hydrogens (tertiary/aromatic N) is 1. The van der Waals surface area contributed by atoms with Gasteiger partial charge in [0, 0.05) is 31.0 Å². The second-order valence-electron chi connectivity index (χ2n) is 6.19. The number of hydrogen-bond acceptors (Lipinski definition) is 3. The number of carboxylic acid groups (broad SMARTS) is 1. The number of aliphatic carboxylic acids is 1. The normalized spacial score (nSPS) is 38.0. The number of piperidine rings is 1. The first-order chi connectivity index (χ1) is 8.65. The Morgan fingerprint density at radius 3 is 2.17 bits per heavy atom. The van der Waals surface area contributed by atoms with E-state index in [0.29, 0.717) is 24.7 Å². The molecule has 0 radical (unpaired) electrons. The Kier molecular flexibility index (Phi) is 3.14. The molecule has 2 bridgehead atoms. The lowest BCUT2D eigenvalue weighted by Gasteiger charge is -2.44. The van der Waals surface area contributed by atoms with Gasteiger partial charge in [0.15, 0.2) is 0 Å². The topological polar surface area (TPSA) is 57.6 Å². The molecule has 2 atom stereocenters. The minimum absolute atomic E-state index is 0.0146. The molecule has 1 saturated heterocycles. The average Bonchev–Trinajstić information content (AvgIpc) is 2.81. The Morgan fingerprint density at radius 2 is 1.67 bits per heavy atom. The third-order valence-corrected chi connectivity index (χ3v) is 5.04. The minimum atomic E-state index is -0.716. The highest BCUT2D eigenvalue weighted by molar-refractivity contribution is 5.87. The molecule has 4 nitrogen and oxygen atoms in total. The molecule has 18 heavy (non-hydrogen) atoms. The van der Waals surface area contributed by atoms with Crippen molar-refractivity contribution in [1.82, 2.24) is 4.90 Å². The van der Waals surface area contributed by atoms with Crippen LogP contribution in [0.4, 0.5) is 0 Å². The number of likely N-dealkylation sites (tertiary alicyclic amines) is 1. The molecule has 0 spiro atoms. The summed E-state index contributed by atoms with van der Waals surface area (Å²) >= 11 is 0. The molecule has 1 aliphatic heterocycles. The zero-order valence-corrected chi connectivity index (χ0v) is 10.7. The Bertz CT molecular complexity index is 344. The van der Waals surface area contributed by atoms with Crippen LogP contribution in [0, 0.1) is 17.8 Å². The molecule has 3 fully saturated rings. The Balaban J connectivity index is 1.70. The summed E-state index contributed by atoms with van der Waals surface area (Å²) in [6.07, 6.45) is 6.26. The van der Waals surface area contributed by atoms with Gasteiger partial charge in [-0.2, -0.15) is 0 Å². The lowest BCUT2D eigenvalue weighted by atomic mass is 9.71. The van der Waals surface area contributed by atoms with Crippen molar-refractivity contribution in [2.75, 3.05) is 13.1 Å². The van der Waals surface area contributed by atoms with Crippen LogP contribution >= 0.6 is 0 Å². The van der Waals surface area contributed by atoms with Gasteiger partial charge in [0.1, 0.15) is 5.78 Å². The molecule has 1 N–H and O–H groups in total. The summed E-state index contributed by atoms with van der Waals surface area (Å²) in [5.41, 5.74) is 0. The maximum Gasteiger partial charge on any atom is 0.306 e. The second kappa shape index (κ2) is 4.65. The van der Waals surface area contributed by atoms with E-state index in [9.17, 15) is 9.59 Å². The Morgan fingerprint density at radius 1 is 1.11 bits per heavy atom. The van der Waals surface area contributed by atoms with Crippen molar-refractivity contribution in [3.8, 4) is 0 Å². The zero-order valence-electron chi connectivity index (χ0n) is 10.7. The molecule has 1 heterocycles. The molecule has 3 aliphatic rings. The number of fused-ring (bicyclic) bond motifs is 2. The first-order valence-electron chi connectivity index (χ1n) is 7.15. The largest absolute Gasteiger partial charge is 0.481 e. The Hall–Kier alpha value is -0.900. The van der Waals surface area contributed by atoms with Gasteiger partial charge in [-0.1, -0.05) is 12.8 Å². The van der Waals surface area contributed by atoms with E-state index in [1.807, 2.05) is 0 Å². The van der Waals surface area contributed by atoms with Crippen molar-refractivity contribution >= 4 is 11.8 Å². The number of carbonyl (C=O) groups excluding carboxylic acids is 1. The van der Waals surface area contributed by atoms with E-state index in [0.717, 1.165) is 13.1 Å². The predicted molar refractivity (Wildman–Crippen MR) is 66.2 cm³/mol. The van der Waals surface area contributed by atoms with Gasteiger partial charge in [-0.15, -0.1) is 0 Å². The van der Waals surface area contributed by atoms with E-state index < -0.39 is 5.97 Å². The van der Waals surface area contributed by atoms with Crippen molar-refractivity contribution < 1.29 is 14.7 Å². The van der Waals surface area contributed by atoms with Gasteiger partial charge < -0.3 is 5.11 Å². The smallest absolute Gasteiger partial charge is 0.306 e. The lowest BCUT2D eigenvalue weighted by molar-refractivity contribution is -0.149. The molecular formula is C14H21NO3. The van der Waals surface area contributed by atoms with Crippen molar-refractivity contribution in [3.63, 3.8) is 0 Å². The van der Waals surface area contributed by atoms with Crippen molar-refractivity contribution in [2.24, 2.45) is 17.8 Å². The second-order valence-corrected chi connectivity index (χ2v) is 6.19. The summed E-state index contributed by atoms with van der Waals surface area (Å²) in [7, 11) is 0. The summed E-state index contributed by atoms with van der Waals surface area (Å²) in [4.78, 5) is 25.7. The molecule has 0 amide bonds. The minimum Gasteiger partial charge on any atom is -0.481 e. The summed E-state index contributed by atoms with van der Waals surface area (Å²) in [6.45, 7) is 1.62. The maximum atomic E-state index is 12.1. The van der Waals surface area contributed by atoms with Crippen LogP contribution < -0.4 is 0 Å². The van der Waals surface area contributed by atoms with Gasteiger partial charge >= 0.3 is 5.97 Å². The molecule has 3 rings (SSSR count). The third kappa shape index (κ3) is 2.07. The zero-order chi connectivity index (χ0) is 12.7. The van der Waals surface area contributed by atoms with E-state index in [1.54, 1.807) is 0 Å². The van der Waals surface area contributed by atoms with Gasteiger partial charge in [-0.3, -0.25) is 14.5 Å². The summed E-state index contributed by atoms with van der Waals surface area (Å²) < 4.78 is 0. The number of Topliss-reactive ketones (excluding diaryl/α,β-unsaturated/α-hetero) is 1. The molecule has 2 unspecified atom stereocenters. The molecular weight excluding hydrogens is 230 g/mol. The van der Waals surface area contributed by atoms with Gasteiger partial charge in [0.25, 0.3) is 0 Å². The number of rotatable bonds is 2. The molecule has 0 aromatic carbocycles. The summed E-state index contributed by atoms with van der Waals surface area (Å²) in [6, 6.07) is 0.657. The van der Waals surface area contributed by atoms with E-state index in [-0.39, 0.29) is 17.8 Å². The molecule has 2 aliphatic carbocycles. The van der Waals surface area contributed by atoms with Gasteiger partial charge in [-0.05, 0) is 25.7 Å². The fourth-order valence-electron chi connectivity index (χ4n) is 4.09. The van der Waals surface area contributed by atoms with E-state index in [2.05, 4.69) is 4.90 Å². The van der Waals surface area contributed by atoms with E-state index in [4.69, 9.17) is 5.11 Å². The Labute approximate surface area is 107 Å². The first kappa shape index (κ1) is 12.2. The molecule has 100 valence electrons. The highest BCUT2D eigenvalue weighted by Gasteiger charge is 2.45. The molecule has 4 heteroatoms. The van der Waals surface area contributed by atoms with Crippen LogP contribution in [0.2, 0.25) is 0 Å². The SMILES string of the molecule is O=C(O)C1CC2CN(C3CCCC3)CC(C1)C2=O. The highest BCUT2D eigenvalue weighted by Crippen LogP contribution is 2.38. The van der Waals surface area contributed by atoms with Crippen LogP contribution in [0.1, 0.15) is 38.5 Å². The van der Waals surface area contributed by atoms with Gasteiger partial charge in [-0.25, -0.2) is 0 Å². The lowest BCUT2D eigenvalue weighted by Crippen LogP contribution is -2.54. The van der Waals surface area contributed by atoms with Crippen molar-refractivity contribution in [3.05, 3.63) is 0 Å². The molecule has 0 aromatic rings. The van der Waals surface area contributed by atoms with Gasteiger partial charge in [0.05, 0.1) is 5.92 Å². The quantitative estimate of drug-likeness (QED) is 0.809. The molecule has 2 saturated carbocycles. The number of ketones is 1. The summed E-state index contributed by atoms with van der Waals surface area (Å²) in [5.74, 6) is -0.699. The van der Waals surface area contributed by atoms with Gasteiger partial charge in [0.2, 0.25) is 0 Å². The van der Waals surface area contributed by atoms with E-state index in [1.165, 1.54) is 25.7 Å². The van der Waals surface area contributed by atoms with Crippen molar-refractivity contribution in [2.45, 2.75) is 44.6 Å². The standard InChI is InChI=1S/C14H21NO3/c16-13-10-5-9(14(17)18)6-11(13)8-15(7-10)12-3-1-2-4-12/h9-12H,1-8H2,(H,17,18). The highest BCUT2D eigenvalue weighted by atomic mass is 16.4.